The number of aryl methyl sites for hydroxylation is 1. The number of carbonyl (C=O) groups is 3. The number of carbonyl (C=O) groups excluding carboxylic acids is 3. The zero-order chi connectivity index (χ0) is 44.9. The molecule has 5 heterocycles. The second-order valence-electron chi connectivity index (χ2n) is 15.0. The number of benzene rings is 4. The second-order valence-corrected chi connectivity index (χ2v) is 18.0. The highest BCUT2D eigenvalue weighted by molar-refractivity contribution is 8.00. The summed E-state index contributed by atoms with van der Waals surface area (Å²) in [6.45, 7) is 3.94. The Kier molecular flexibility index (Phi) is 12.6. The maximum absolute atomic E-state index is 14.3. The number of amides is 2. The van der Waals surface area contributed by atoms with Crippen LogP contribution in [0.1, 0.15) is 45.4 Å². The smallest absolute Gasteiger partial charge is 0.355 e. The molecule has 7 aromatic rings. The lowest BCUT2D eigenvalue weighted by molar-refractivity contribution is -0.153. The van der Waals surface area contributed by atoms with Gasteiger partial charge in [-0.3, -0.25) is 18.9 Å². The fraction of sp³-hybridized carbons (Fsp3) is 0.184. The summed E-state index contributed by atoms with van der Waals surface area (Å²) in [6.07, 6.45) is 7.37. The molecule has 328 valence electrons. The highest BCUT2D eigenvalue weighted by Gasteiger charge is 2.54. The van der Waals surface area contributed by atoms with Crippen molar-refractivity contribution in [3.05, 3.63) is 189 Å². The third-order valence-corrected chi connectivity index (χ3v) is 14.4. The van der Waals surface area contributed by atoms with Gasteiger partial charge in [0.1, 0.15) is 58.5 Å². The molecule has 1 saturated heterocycles. The van der Waals surface area contributed by atoms with Crippen molar-refractivity contribution in [1.29, 1.82) is 0 Å². The number of esters is 1. The number of β-lactam (4-membered cyclic amide) rings is 1. The largest absolute Gasteiger partial charge is 0.497 e. The van der Waals surface area contributed by atoms with Gasteiger partial charge >= 0.3 is 5.97 Å². The predicted octanol–water partition coefficient (Wildman–Crippen LogP) is 8.42. The van der Waals surface area contributed by atoms with Crippen molar-refractivity contribution in [3.63, 3.8) is 0 Å². The quantitative estimate of drug-likeness (QED) is 0.0318. The fourth-order valence-electron chi connectivity index (χ4n) is 7.87. The van der Waals surface area contributed by atoms with E-state index in [1.807, 2.05) is 90.2 Å². The minimum atomic E-state index is -0.971. The molecule has 2 amide bonds. The summed E-state index contributed by atoms with van der Waals surface area (Å²) in [6, 6.07) is 36.6. The molecule has 4 aromatic carbocycles. The van der Waals surface area contributed by atoms with E-state index < -0.39 is 34.7 Å². The molecule has 1 fully saturated rings. The lowest BCUT2D eigenvalue weighted by Crippen LogP contribution is -2.71. The number of rotatable bonds is 16. The van der Waals surface area contributed by atoms with Crippen LogP contribution in [0.5, 0.6) is 5.75 Å². The molecule has 0 bridgehead atoms. The van der Waals surface area contributed by atoms with Crippen molar-refractivity contribution >= 4 is 74.0 Å². The zero-order valence-electron chi connectivity index (χ0n) is 35.5. The van der Waals surface area contributed by atoms with Crippen molar-refractivity contribution < 1.29 is 28.7 Å². The van der Waals surface area contributed by atoms with Gasteiger partial charge in [0, 0.05) is 21.7 Å². The Morgan fingerprint density at radius 3 is 2.20 bits per heavy atom. The molecule has 2 aliphatic heterocycles. The van der Waals surface area contributed by atoms with E-state index in [1.165, 1.54) is 28.0 Å². The normalized spacial score (nSPS) is 16.3. The first-order chi connectivity index (χ1) is 31.8. The third kappa shape index (κ3) is 8.55. The van der Waals surface area contributed by atoms with Gasteiger partial charge in [0.15, 0.2) is 10.8 Å². The molecule has 0 aliphatic carbocycles. The first kappa shape index (κ1) is 43.3. The van der Waals surface area contributed by atoms with Crippen LogP contribution in [0.15, 0.2) is 156 Å². The summed E-state index contributed by atoms with van der Waals surface area (Å²) in [5.41, 5.74) is 4.79. The summed E-state index contributed by atoms with van der Waals surface area (Å²) in [5, 5.41) is 12.5. The first-order valence-electron chi connectivity index (χ1n) is 20.8. The zero-order valence-corrected chi connectivity index (χ0v) is 38.0. The van der Waals surface area contributed by atoms with Gasteiger partial charge in [0.05, 0.1) is 13.3 Å². The molecule has 9 rings (SSSR count). The summed E-state index contributed by atoms with van der Waals surface area (Å²) < 4.78 is 13.1. The fourth-order valence-corrected chi connectivity index (χ4v) is 10.9. The lowest BCUT2D eigenvalue weighted by Gasteiger charge is -2.49. The van der Waals surface area contributed by atoms with Gasteiger partial charge < -0.3 is 24.9 Å². The summed E-state index contributed by atoms with van der Waals surface area (Å²) in [5.74, 6) is -0.701. The number of oxime groups is 1. The molecular weight excluding hydrogens is 879 g/mol. The van der Waals surface area contributed by atoms with E-state index in [4.69, 9.17) is 19.3 Å². The van der Waals surface area contributed by atoms with Gasteiger partial charge in [0.25, 0.3) is 11.8 Å². The van der Waals surface area contributed by atoms with Crippen molar-refractivity contribution in [2.75, 3.05) is 24.8 Å². The molecule has 13 nitrogen and oxygen atoms in total. The molecule has 2 atom stereocenters. The number of anilines is 1. The van der Waals surface area contributed by atoms with Gasteiger partial charge in [0.2, 0.25) is 0 Å². The number of allylic oxidation sites excluding steroid dienone is 1. The number of nitrogens with zero attached hydrogens (tertiary/aromatic N) is 5. The topological polar surface area (TPSA) is 149 Å². The number of nitrogens with one attached hydrogen (secondary N) is 2. The summed E-state index contributed by atoms with van der Waals surface area (Å²) in [4.78, 5) is 60.5. The molecule has 65 heavy (non-hydrogen) atoms. The van der Waals surface area contributed by atoms with Crippen LogP contribution in [0.4, 0.5) is 5.13 Å². The van der Waals surface area contributed by atoms with Crippen LogP contribution >= 0.6 is 34.4 Å². The highest BCUT2D eigenvalue weighted by Crippen LogP contribution is 2.43. The Hall–Kier alpha value is -7.01. The van der Waals surface area contributed by atoms with Crippen LogP contribution < -0.4 is 15.4 Å². The summed E-state index contributed by atoms with van der Waals surface area (Å²) in [7, 11) is 1.58. The van der Waals surface area contributed by atoms with E-state index in [9.17, 15) is 14.4 Å². The molecule has 0 spiro atoms. The van der Waals surface area contributed by atoms with Gasteiger partial charge in [-0.05, 0) is 59.9 Å². The number of hydrogen-bond donors (Lipinski definition) is 2. The molecule has 0 radical (unpaired) electrons. The lowest BCUT2D eigenvalue weighted by atomic mass is 9.77. The SMILES string of the molecule is CCO/N=C(\C(=O)N[C@@H]1C(=O)N2C(C(=O)OCc3ccc(OC)cc3)=C(C=Cc3sc4cncn4c3C)CS[C@H]12)c1csc(NC(c2ccccc2)(c2ccccc2)c2ccccc2)n1. The maximum atomic E-state index is 14.3. The van der Waals surface area contributed by atoms with E-state index in [0.29, 0.717) is 22.2 Å². The molecule has 0 saturated carbocycles. The van der Waals surface area contributed by atoms with Crippen LogP contribution in [-0.2, 0) is 36.1 Å². The average Bonchev–Trinajstić information content (AvgIpc) is 4.10. The van der Waals surface area contributed by atoms with E-state index in [0.717, 1.165) is 37.7 Å². The van der Waals surface area contributed by atoms with Crippen LogP contribution in [-0.4, -0.2) is 73.6 Å². The number of ether oxygens (including phenoxy) is 2. The van der Waals surface area contributed by atoms with Gasteiger partial charge in [-0.2, -0.15) is 0 Å². The molecule has 2 N–H and O–H groups in total. The molecule has 3 aromatic heterocycles. The van der Waals surface area contributed by atoms with Gasteiger partial charge in [-0.15, -0.1) is 34.4 Å². The number of methoxy groups -OCH3 is 1. The number of imidazole rings is 1. The second kappa shape index (κ2) is 19.0. The van der Waals surface area contributed by atoms with Crippen LogP contribution in [0.25, 0.3) is 10.9 Å². The molecule has 2 aliphatic rings. The predicted molar refractivity (Wildman–Crippen MR) is 255 cm³/mol. The maximum Gasteiger partial charge on any atom is 0.355 e. The highest BCUT2D eigenvalue weighted by atomic mass is 32.2. The van der Waals surface area contributed by atoms with Crippen LogP contribution in [0, 0.1) is 6.92 Å². The number of hydrogen-bond acceptors (Lipinski definition) is 13. The Morgan fingerprint density at radius 2 is 1.58 bits per heavy atom. The van der Waals surface area contributed by atoms with Crippen LogP contribution in [0.3, 0.4) is 0 Å². The van der Waals surface area contributed by atoms with Crippen molar-refractivity contribution in [1.82, 2.24) is 24.6 Å². The van der Waals surface area contributed by atoms with Crippen molar-refractivity contribution in [2.45, 2.75) is 37.4 Å². The van der Waals surface area contributed by atoms with Crippen LogP contribution in [0.2, 0.25) is 0 Å². The number of thiazole rings is 2. The molecular formula is C49H43N7O6S3. The Morgan fingerprint density at radius 1 is 0.923 bits per heavy atom. The molecule has 0 unspecified atom stereocenters. The van der Waals surface area contributed by atoms with Crippen molar-refractivity contribution in [3.8, 4) is 5.75 Å². The number of aromatic nitrogens is 3. The van der Waals surface area contributed by atoms with E-state index in [1.54, 1.807) is 55.4 Å². The average molecular weight is 922 g/mol. The Labute approximate surface area is 387 Å². The summed E-state index contributed by atoms with van der Waals surface area (Å²) >= 11 is 4.33. The van der Waals surface area contributed by atoms with Gasteiger partial charge in [-0.1, -0.05) is 114 Å². The Balaban J connectivity index is 0.981. The van der Waals surface area contributed by atoms with E-state index >= 15 is 0 Å². The van der Waals surface area contributed by atoms with E-state index in [-0.39, 0.29) is 30.3 Å². The standard InChI is InChI=1S/C49H43N7O6S3/c1-4-62-54-41(38-29-64-48(51-38)53-49(34-14-8-5-9-15-34,35-16-10-6-11-17-35)36-18-12-7-13-19-36)44(57)52-42-45(58)56-43(47(59)61-27-32-20-23-37(60-3)24-21-32)33(28-63-46(42)56)22-25-39-31(2)55-30-50-26-40(55)65-39/h5-26,29-30,42,46H,4,27-28H2,1-3H3,(H,51,53)(H,52,57)/b25-22?,54-41-/t42-,46-/m1/s1. The first-order valence-corrected chi connectivity index (χ1v) is 23.5. The minimum absolute atomic E-state index is 0.0171. The molecule has 16 heteroatoms. The van der Waals surface area contributed by atoms with Gasteiger partial charge in [-0.25, -0.2) is 14.8 Å². The Bertz CT molecular complexity index is 2830. The third-order valence-electron chi connectivity index (χ3n) is 11.1. The van der Waals surface area contributed by atoms with Crippen molar-refractivity contribution in [2.24, 2.45) is 5.16 Å². The number of thioether (sulfide) groups is 1. The minimum Gasteiger partial charge on any atom is -0.497 e. The number of fused-ring (bicyclic) bond motifs is 2. The monoisotopic (exact) mass is 921 g/mol. The van der Waals surface area contributed by atoms with E-state index in [2.05, 4.69) is 57.2 Å².